The monoisotopic (exact) mass is 285 g/mol. The molecule has 2 nitrogen and oxygen atoms in total. The SMILES string of the molecule is CC1CCC(O)(CNCc2cc(Cl)ccc2F)CC1. The lowest BCUT2D eigenvalue weighted by molar-refractivity contribution is -0.00635. The molecule has 4 heteroatoms. The molecule has 0 unspecified atom stereocenters. The average molecular weight is 286 g/mol. The second-order valence-corrected chi connectivity index (χ2v) is 6.18. The Balaban J connectivity index is 1.84. The lowest BCUT2D eigenvalue weighted by Crippen LogP contribution is -2.43. The van der Waals surface area contributed by atoms with Gasteiger partial charge in [0.2, 0.25) is 0 Å². The van der Waals surface area contributed by atoms with Crippen LogP contribution in [0.4, 0.5) is 4.39 Å². The van der Waals surface area contributed by atoms with Crippen molar-refractivity contribution in [3.8, 4) is 0 Å². The molecule has 0 heterocycles. The molecule has 2 rings (SSSR count). The van der Waals surface area contributed by atoms with E-state index in [1.165, 1.54) is 12.1 Å². The van der Waals surface area contributed by atoms with Crippen molar-refractivity contribution >= 4 is 11.6 Å². The van der Waals surface area contributed by atoms with Gasteiger partial charge in [0, 0.05) is 23.7 Å². The number of benzene rings is 1. The van der Waals surface area contributed by atoms with Crippen molar-refractivity contribution < 1.29 is 9.50 Å². The molecule has 1 aliphatic rings. The van der Waals surface area contributed by atoms with Crippen LogP contribution in [0.2, 0.25) is 5.02 Å². The summed E-state index contributed by atoms with van der Waals surface area (Å²) in [4.78, 5) is 0. The Kier molecular flexibility index (Phi) is 4.82. The van der Waals surface area contributed by atoms with Gasteiger partial charge in [0.1, 0.15) is 5.82 Å². The highest BCUT2D eigenvalue weighted by Crippen LogP contribution is 2.31. The highest BCUT2D eigenvalue weighted by Gasteiger charge is 2.31. The minimum atomic E-state index is -0.637. The number of halogens is 2. The average Bonchev–Trinajstić information content (AvgIpc) is 2.38. The molecule has 2 N–H and O–H groups in total. The lowest BCUT2D eigenvalue weighted by atomic mass is 9.79. The number of hydrogen-bond acceptors (Lipinski definition) is 2. The van der Waals surface area contributed by atoms with Gasteiger partial charge >= 0.3 is 0 Å². The third kappa shape index (κ3) is 4.16. The summed E-state index contributed by atoms with van der Waals surface area (Å²) >= 11 is 5.84. The lowest BCUT2D eigenvalue weighted by Gasteiger charge is -2.35. The summed E-state index contributed by atoms with van der Waals surface area (Å²) in [6.07, 6.45) is 3.76. The molecule has 0 aliphatic heterocycles. The zero-order valence-electron chi connectivity index (χ0n) is 11.3. The topological polar surface area (TPSA) is 32.3 Å². The smallest absolute Gasteiger partial charge is 0.127 e. The molecule has 1 aromatic rings. The number of nitrogens with one attached hydrogen (secondary N) is 1. The van der Waals surface area contributed by atoms with E-state index in [1.807, 2.05) is 0 Å². The van der Waals surface area contributed by atoms with Gasteiger partial charge in [0.05, 0.1) is 5.60 Å². The predicted molar refractivity (Wildman–Crippen MR) is 75.7 cm³/mol. The van der Waals surface area contributed by atoms with E-state index in [9.17, 15) is 9.50 Å². The summed E-state index contributed by atoms with van der Waals surface area (Å²) in [6, 6.07) is 4.53. The van der Waals surface area contributed by atoms with Gasteiger partial charge in [-0.15, -0.1) is 0 Å². The van der Waals surface area contributed by atoms with Gasteiger partial charge in [0.15, 0.2) is 0 Å². The Morgan fingerprint density at radius 1 is 1.42 bits per heavy atom. The fourth-order valence-electron chi connectivity index (χ4n) is 2.58. The zero-order chi connectivity index (χ0) is 13.9. The Morgan fingerprint density at radius 2 is 2.11 bits per heavy atom. The van der Waals surface area contributed by atoms with Crippen molar-refractivity contribution in [2.75, 3.05) is 6.54 Å². The molecule has 0 radical (unpaired) electrons. The summed E-state index contributed by atoms with van der Waals surface area (Å²) in [5.41, 5.74) is -0.0954. The first-order chi connectivity index (χ1) is 8.98. The van der Waals surface area contributed by atoms with Crippen molar-refractivity contribution in [2.45, 2.75) is 44.8 Å². The van der Waals surface area contributed by atoms with E-state index in [-0.39, 0.29) is 5.82 Å². The Morgan fingerprint density at radius 3 is 2.79 bits per heavy atom. The third-order valence-electron chi connectivity index (χ3n) is 3.98. The zero-order valence-corrected chi connectivity index (χ0v) is 12.0. The highest BCUT2D eigenvalue weighted by atomic mass is 35.5. The van der Waals surface area contributed by atoms with Crippen LogP contribution in [0.1, 0.15) is 38.2 Å². The van der Waals surface area contributed by atoms with E-state index in [0.717, 1.165) is 25.7 Å². The van der Waals surface area contributed by atoms with Crippen LogP contribution in [0.3, 0.4) is 0 Å². The van der Waals surface area contributed by atoms with E-state index in [2.05, 4.69) is 12.2 Å². The second kappa shape index (κ2) is 6.21. The summed E-state index contributed by atoms with van der Waals surface area (Å²) in [6.45, 7) is 3.12. The minimum Gasteiger partial charge on any atom is -0.389 e. The van der Waals surface area contributed by atoms with Gasteiger partial charge < -0.3 is 10.4 Å². The Hall–Kier alpha value is -0.640. The van der Waals surface area contributed by atoms with Crippen molar-refractivity contribution in [1.29, 1.82) is 0 Å². The molecule has 0 bridgehead atoms. The maximum atomic E-state index is 13.5. The van der Waals surface area contributed by atoms with E-state index in [1.54, 1.807) is 6.07 Å². The van der Waals surface area contributed by atoms with Crippen molar-refractivity contribution in [2.24, 2.45) is 5.92 Å². The quantitative estimate of drug-likeness (QED) is 0.887. The van der Waals surface area contributed by atoms with Crippen LogP contribution >= 0.6 is 11.6 Å². The molecule has 0 amide bonds. The molecule has 1 saturated carbocycles. The first-order valence-electron chi connectivity index (χ1n) is 6.85. The van der Waals surface area contributed by atoms with Gasteiger partial charge in [-0.3, -0.25) is 0 Å². The van der Waals surface area contributed by atoms with Crippen LogP contribution in [0.25, 0.3) is 0 Å². The van der Waals surface area contributed by atoms with Crippen LogP contribution in [-0.2, 0) is 6.54 Å². The van der Waals surface area contributed by atoms with Gasteiger partial charge in [-0.05, 0) is 49.8 Å². The van der Waals surface area contributed by atoms with Gasteiger partial charge in [-0.2, -0.15) is 0 Å². The summed E-state index contributed by atoms with van der Waals surface area (Å²) in [5, 5.41) is 14.1. The Bertz CT molecular complexity index is 430. The van der Waals surface area contributed by atoms with Crippen molar-refractivity contribution in [1.82, 2.24) is 5.32 Å². The van der Waals surface area contributed by atoms with Crippen LogP contribution in [0.5, 0.6) is 0 Å². The molecule has 1 fully saturated rings. The summed E-state index contributed by atoms with van der Waals surface area (Å²) in [7, 11) is 0. The number of aliphatic hydroxyl groups is 1. The van der Waals surface area contributed by atoms with Crippen LogP contribution < -0.4 is 5.32 Å². The number of rotatable bonds is 4. The van der Waals surface area contributed by atoms with Crippen LogP contribution in [0, 0.1) is 11.7 Å². The molecule has 0 aromatic heterocycles. The van der Waals surface area contributed by atoms with Crippen LogP contribution in [-0.4, -0.2) is 17.3 Å². The first-order valence-corrected chi connectivity index (χ1v) is 7.23. The molecule has 0 spiro atoms. The van der Waals surface area contributed by atoms with E-state index >= 15 is 0 Å². The minimum absolute atomic E-state index is 0.263. The van der Waals surface area contributed by atoms with Gasteiger partial charge in [-0.25, -0.2) is 4.39 Å². The maximum absolute atomic E-state index is 13.5. The summed E-state index contributed by atoms with van der Waals surface area (Å²) in [5.74, 6) is 0.437. The molecule has 1 aliphatic carbocycles. The molecule has 1 aromatic carbocycles. The van der Waals surface area contributed by atoms with E-state index in [0.29, 0.717) is 29.6 Å². The molecule has 0 saturated heterocycles. The van der Waals surface area contributed by atoms with Crippen molar-refractivity contribution in [3.05, 3.63) is 34.6 Å². The highest BCUT2D eigenvalue weighted by molar-refractivity contribution is 6.30. The Labute approximate surface area is 119 Å². The molecule has 106 valence electrons. The normalized spacial score (nSPS) is 27.5. The second-order valence-electron chi connectivity index (χ2n) is 5.75. The standard InChI is InChI=1S/C15H21ClFNO/c1-11-4-6-15(19,7-5-11)10-18-9-12-8-13(16)2-3-14(12)17/h2-3,8,11,18-19H,4-7,9-10H2,1H3. The van der Waals surface area contributed by atoms with E-state index < -0.39 is 5.60 Å². The van der Waals surface area contributed by atoms with Gasteiger partial charge in [0.25, 0.3) is 0 Å². The van der Waals surface area contributed by atoms with Gasteiger partial charge in [-0.1, -0.05) is 18.5 Å². The largest absolute Gasteiger partial charge is 0.389 e. The fraction of sp³-hybridized carbons (Fsp3) is 0.600. The predicted octanol–water partition coefficient (Wildman–Crippen LogP) is 3.51. The molecule has 0 atom stereocenters. The molecular formula is C15H21ClFNO. The van der Waals surface area contributed by atoms with Crippen molar-refractivity contribution in [3.63, 3.8) is 0 Å². The summed E-state index contributed by atoms with van der Waals surface area (Å²) < 4.78 is 13.5. The molecule has 19 heavy (non-hydrogen) atoms. The fourth-order valence-corrected chi connectivity index (χ4v) is 2.78. The first kappa shape index (κ1) is 14.8. The van der Waals surface area contributed by atoms with E-state index in [4.69, 9.17) is 11.6 Å². The maximum Gasteiger partial charge on any atom is 0.127 e. The molecular weight excluding hydrogens is 265 g/mol. The van der Waals surface area contributed by atoms with Crippen LogP contribution in [0.15, 0.2) is 18.2 Å². The third-order valence-corrected chi connectivity index (χ3v) is 4.22. The number of hydrogen-bond donors (Lipinski definition) is 2.